The van der Waals surface area contributed by atoms with E-state index in [9.17, 15) is 0 Å². The number of para-hydroxylation sites is 2. The predicted octanol–water partition coefficient (Wildman–Crippen LogP) is 6.31. The van der Waals surface area contributed by atoms with Crippen molar-refractivity contribution in [2.24, 2.45) is 0 Å². The number of anilines is 2. The molecule has 2 aromatic carbocycles. The minimum Gasteiger partial charge on any atom is -0.317 e. The van der Waals surface area contributed by atoms with Crippen molar-refractivity contribution in [2.75, 3.05) is 4.90 Å². The summed E-state index contributed by atoms with van der Waals surface area (Å²) in [6, 6.07) is 21.2. The Labute approximate surface area is 128 Å². The number of hydrogen-bond acceptors (Lipinski definition) is 1. The molecular formula is C20H25N. The molecule has 0 atom stereocenters. The van der Waals surface area contributed by atoms with Crippen LogP contribution in [0.3, 0.4) is 0 Å². The first-order valence-corrected chi connectivity index (χ1v) is 7.94. The third-order valence-electron chi connectivity index (χ3n) is 3.69. The average molecular weight is 279 g/mol. The summed E-state index contributed by atoms with van der Waals surface area (Å²) in [5.41, 5.74) is 3.93. The van der Waals surface area contributed by atoms with E-state index in [0.717, 1.165) is 6.42 Å². The Hall–Kier alpha value is -2.02. The average Bonchev–Trinajstić information content (AvgIpc) is 2.57. The summed E-state index contributed by atoms with van der Waals surface area (Å²) >= 11 is 0. The van der Waals surface area contributed by atoms with Gasteiger partial charge in [0, 0.05) is 17.6 Å². The first-order chi connectivity index (χ1) is 10.3. The highest BCUT2D eigenvalue weighted by molar-refractivity contribution is 5.66. The molecule has 2 rings (SSSR count). The topological polar surface area (TPSA) is 3.24 Å². The summed E-state index contributed by atoms with van der Waals surface area (Å²) in [6.07, 6.45) is 7.12. The zero-order valence-electron chi connectivity index (χ0n) is 13.1. The predicted molar refractivity (Wildman–Crippen MR) is 92.9 cm³/mol. The standard InChI is InChI=1S/C20H25N/c1-3-5-12-18(4-2)17-21(19-13-8-6-9-14-19)20-15-10-7-11-16-20/h6-11,13-17H,3-5,12H2,1-2H3. The SMILES string of the molecule is CCCCC(=CN(c1ccccc1)c1ccccc1)CC. The first kappa shape index (κ1) is 15.4. The molecule has 0 bridgehead atoms. The number of nitrogens with zero attached hydrogens (tertiary/aromatic N) is 1. The van der Waals surface area contributed by atoms with Gasteiger partial charge in [-0.05, 0) is 43.5 Å². The van der Waals surface area contributed by atoms with Crippen LogP contribution >= 0.6 is 0 Å². The monoisotopic (exact) mass is 279 g/mol. The van der Waals surface area contributed by atoms with Crippen LogP contribution < -0.4 is 4.90 Å². The lowest BCUT2D eigenvalue weighted by molar-refractivity contribution is 0.763. The molecule has 0 spiro atoms. The summed E-state index contributed by atoms with van der Waals surface area (Å²) in [4.78, 5) is 2.30. The second-order valence-corrected chi connectivity index (χ2v) is 5.29. The maximum absolute atomic E-state index is 2.32. The number of unbranched alkanes of at least 4 members (excludes halogenated alkanes) is 1. The number of rotatable bonds is 7. The van der Waals surface area contributed by atoms with Gasteiger partial charge in [-0.2, -0.15) is 0 Å². The van der Waals surface area contributed by atoms with Gasteiger partial charge in [0.2, 0.25) is 0 Å². The Bertz CT molecular complexity index is 503. The molecule has 0 aromatic heterocycles. The number of hydrogen-bond donors (Lipinski definition) is 0. The van der Waals surface area contributed by atoms with Gasteiger partial charge in [-0.1, -0.05) is 62.2 Å². The zero-order chi connectivity index (χ0) is 14.9. The summed E-state index contributed by atoms with van der Waals surface area (Å²) < 4.78 is 0. The molecule has 0 radical (unpaired) electrons. The smallest absolute Gasteiger partial charge is 0.0455 e. The lowest BCUT2D eigenvalue weighted by Crippen LogP contribution is -2.09. The molecule has 0 heterocycles. The molecule has 21 heavy (non-hydrogen) atoms. The fourth-order valence-electron chi connectivity index (χ4n) is 2.39. The van der Waals surface area contributed by atoms with Crippen LogP contribution in [0.5, 0.6) is 0 Å². The lowest BCUT2D eigenvalue weighted by atomic mass is 10.1. The first-order valence-electron chi connectivity index (χ1n) is 7.94. The van der Waals surface area contributed by atoms with Gasteiger partial charge in [0.25, 0.3) is 0 Å². The maximum atomic E-state index is 2.32. The van der Waals surface area contributed by atoms with Gasteiger partial charge in [0.1, 0.15) is 0 Å². The maximum Gasteiger partial charge on any atom is 0.0455 e. The second-order valence-electron chi connectivity index (χ2n) is 5.29. The molecular weight excluding hydrogens is 254 g/mol. The summed E-state index contributed by atoms with van der Waals surface area (Å²) in [6.45, 7) is 4.50. The summed E-state index contributed by atoms with van der Waals surface area (Å²) in [7, 11) is 0. The molecule has 0 saturated carbocycles. The van der Waals surface area contributed by atoms with Crippen molar-refractivity contribution < 1.29 is 0 Å². The molecule has 0 unspecified atom stereocenters. The highest BCUT2D eigenvalue weighted by Gasteiger charge is 2.07. The van der Waals surface area contributed by atoms with Gasteiger partial charge < -0.3 is 4.90 Å². The summed E-state index contributed by atoms with van der Waals surface area (Å²) in [5.74, 6) is 0. The van der Waals surface area contributed by atoms with E-state index in [2.05, 4.69) is 85.6 Å². The molecule has 1 nitrogen and oxygen atoms in total. The van der Waals surface area contributed by atoms with Gasteiger partial charge in [-0.25, -0.2) is 0 Å². The van der Waals surface area contributed by atoms with Crippen LogP contribution in [-0.2, 0) is 0 Å². The van der Waals surface area contributed by atoms with Crippen LogP contribution in [0.2, 0.25) is 0 Å². The summed E-state index contributed by atoms with van der Waals surface area (Å²) in [5, 5.41) is 0. The molecule has 0 aliphatic carbocycles. The number of benzene rings is 2. The van der Waals surface area contributed by atoms with Gasteiger partial charge in [0.05, 0.1) is 0 Å². The van der Waals surface area contributed by atoms with E-state index in [1.165, 1.54) is 36.2 Å². The highest BCUT2D eigenvalue weighted by atomic mass is 15.1. The van der Waals surface area contributed by atoms with Gasteiger partial charge in [0.15, 0.2) is 0 Å². The third-order valence-corrected chi connectivity index (χ3v) is 3.69. The highest BCUT2D eigenvalue weighted by Crippen LogP contribution is 2.27. The zero-order valence-corrected chi connectivity index (χ0v) is 13.1. The largest absolute Gasteiger partial charge is 0.317 e. The van der Waals surface area contributed by atoms with Crippen molar-refractivity contribution in [3.8, 4) is 0 Å². The van der Waals surface area contributed by atoms with Crippen LogP contribution in [-0.4, -0.2) is 0 Å². The minimum absolute atomic E-state index is 1.11. The Morgan fingerprint density at radius 3 is 1.81 bits per heavy atom. The Balaban J connectivity index is 2.34. The van der Waals surface area contributed by atoms with E-state index < -0.39 is 0 Å². The molecule has 0 N–H and O–H groups in total. The van der Waals surface area contributed by atoms with Crippen molar-refractivity contribution in [3.63, 3.8) is 0 Å². The third kappa shape index (κ3) is 4.49. The second kappa shape index (κ2) is 8.31. The van der Waals surface area contributed by atoms with Crippen molar-refractivity contribution in [2.45, 2.75) is 39.5 Å². The fourth-order valence-corrected chi connectivity index (χ4v) is 2.39. The molecule has 110 valence electrons. The van der Waals surface area contributed by atoms with Crippen molar-refractivity contribution in [3.05, 3.63) is 72.4 Å². The van der Waals surface area contributed by atoms with E-state index in [1.807, 2.05) is 0 Å². The Morgan fingerprint density at radius 1 is 0.857 bits per heavy atom. The molecule has 0 aliphatic rings. The molecule has 0 saturated heterocycles. The molecule has 0 amide bonds. The lowest BCUT2D eigenvalue weighted by Gasteiger charge is -2.22. The van der Waals surface area contributed by atoms with E-state index >= 15 is 0 Å². The minimum atomic E-state index is 1.11. The molecule has 0 fully saturated rings. The van der Waals surface area contributed by atoms with Crippen LogP contribution in [0.1, 0.15) is 39.5 Å². The number of allylic oxidation sites excluding steroid dienone is 1. The van der Waals surface area contributed by atoms with Gasteiger partial charge in [-0.15, -0.1) is 0 Å². The van der Waals surface area contributed by atoms with Crippen LogP contribution in [0.25, 0.3) is 0 Å². The normalized spacial score (nSPS) is 11.4. The quantitative estimate of drug-likeness (QED) is 0.574. The van der Waals surface area contributed by atoms with E-state index in [0.29, 0.717) is 0 Å². The van der Waals surface area contributed by atoms with Crippen LogP contribution in [0.4, 0.5) is 11.4 Å². The Morgan fingerprint density at radius 2 is 1.38 bits per heavy atom. The Kier molecular flexibility index (Phi) is 6.08. The van der Waals surface area contributed by atoms with E-state index in [1.54, 1.807) is 0 Å². The van der Waals surface area contributed by atoms with Crippen LogP contribution in [0, 0.1) is 0 Å². The van der Waals surface area contributed by atoms with E-state index in [4.69, 9.17) is 0 Å². The van der Waals surface area contributed by atoms with Gasteiger partial charge >= 0.3 is 0 Å². The van der Waals surface area contributed by atoms with Gasteiger partial charge in [-0.3, -0.25) is 0 Å². The van der Waals surface area contributed by atoms with Crippen molar-refractivity contribution >= 4 is 11.4 Å². The molecule has 2 aromatic rings. The molecule has 1 heteroatoms. The molecule has 0 aliphatic heterocycles. The van der Waals surface area contributed by atoms with Crippen LogP contribution in [0.15, 0.2) is 72.4 Å². The fraction of sp³-hybridized carbons (Fsp3) is 0.300. The van der Waals surface area contributed by atoms with Crippen molar-refractivity contribution in [1.29, 1.82) is 0 Å². The van der Waals surface area contributed by atoms with Crippen molar-refractivity contribution in [1.82, 2.24) is 0 Å². The van der Waals surface area contributed by atoms with E-state index in [-0.39, 0.29) is 0 Å².